The smallest absolute Gasteiger partial charge is 0.342 e. The lowest BCUT2D eigenvalue weighted by atomic mass is 10.1. The second-order valence-corrected chi connectivity index (χ2v) is 5.41. The third-order valence-electron chi connectivity index (χ3n) is 3.70. The van der Waals surface area contributed by atoms with Crippen molar-refractivity contribution in [1.29, 1.82) is 0 Å². The van der Waals surface area contributed by atoms with Crippen molar-refractivity contribution in [3.63, 3.8) is 0 Å². The molecule has 0 saturated heterocycles. The minimum atomic E-state index is -0.578. The summed E-state index contributed by atoms with van der Waals surface area (Å²) in [4.78, 5) is 26.9. The van der Waals surface area contributed by atoms with Crippen molar-refractivity contribution in [1.82, 2.24) is 9.55 Å². The van der Waals surface area contributed by atoms with Crippen LogP contribution in [0.15, 0.2) is 18.0 Å². The highest BCUT2D eigenvalue weighted by Gasteiger charge is 2.36. The summed E-state index contributed by atoms with van der Waals surface area (Å²) in [6.45, 7) is 0. The number of imidazole rings is 1. The zero-order valence-electron chi connectivity index (χ0n) is 13.4. The lowest BCUT2D eigenvalue weighted by molar-refractivity contribution is -0.391. The molecule has 9 nitrogen and oxygen atoms in total. The third kappa shape index (κ3) is 2.58. The number of ether oxygens (including phenoxy) is 3. The van der Waals surface area contributed by atoms with Gasteiger partial charge in [-0.25, -0.2) is 9.55 Å². The van der Waals surface area contributed by atoms with Gasteiger partial charge >= 0.3 is 5.82 Å². The predicted molar refractivity (Wildman–Crippen MR) is 87.4 cm³/mol. The Balaban J connectivity index is 2.09. The molecule has 1 aromatic heterocycles. The number of nitro groups is 1. The van der Waals surface area contributed by atoms with E-state index in [2.05, 4.69) is 4.98 Å². The Bertz CT molecular complexity index is 934. The van der Waals surface area contributed by atoms with Crippen LogP contribution < -0.4 is 14.2 Å². The Hall–Kier alpha value is -3.07. The fourth-order valence-electron chi connectivity index (χ4n) is 2.42. The first-order chi connectivity index (χ1) is 11.9. The Labute approximate surface area is 146 Å². The van der Waals surface area contributed by atoms with Gasteiger partial charge in [0.2, 0.25) is 11.6 Å². The molecule has 1 aromatic carbocycles. The lowest BCUT2D eigenvalue weighted by Crippen LogP contribution is -2.03. The Morgan fingerprint density at radius 2 is 2.04 bits per heavy atom. The van der Waals surface area contributed by atoms with Crippen molar-refractivity contribution in [2.75, 3.05) is 14.2 Å². The lowest BCUT2D eigenvalue weighted by Gasteiger charge is -2.10. The van der Waals surface area contributed by atoms with Crippen LogP contribution in [0.25, 0.3) is 6.08 Å². The first-order valence-corrected chi connectivity index (χ1v) is 7.31. The molecule has 0 N–H and O–H groups in total. The number of fused-ring (bicyclic) bond motifs is 1. The monoisotopic (exact) mass is 365 g/mol. The van der Waals surface area contributed by atoms with Crippen LogP contribution in [0, 0.1) is 10.1 Å². The molecule has 10 heteroatoms. The van der Waals surface area contributed by atoms with Gasteiger partial charge in [0.25, 0.3) is 0 Å². The number of aromatic nitrogens is 2. The van der Waals surface area contributed by atoms with Gasteiger partial charge in [-0.3, -0.25) is 4.79 Å². The van der Waals surface area contributed by atoms with E-state index in [0.29, 0.717) is 5.75 Å². The predicted octanol–water partition coefficient (Wildman–Crippen LogP) is 2.62. The minimum absolute atomic E-state index is 0.0768. The zero-order valence-corrected chi connectivity index (χ0v) is 14.2. The van der Waals surface area contributed by atoms with E-state index in [0.717, 1.165) is 6.20 Å². The Kier molecular flexibility index (Phi) is 4.09. The largest absolute Gasteiger partial charge is 0.496 e. The minimum Gasteiger partial charge on any atom is -0.496 e. The number of nitrogens with zero attached hydrogens (tertiary/aromatic N) is 3. The summed E-state index contributed by atoms with van der Waals surface area (Å²) in [5.41, 5.74) is 0.156. The fourth-order valence-corrected chi connectivity index (χ4v) is 2.68. The van der Waals surface area contributed by atoms with E-state index in [9.17, 15) is 14.9 Å². The molecule has 1 aliphatic rings. The van der Waals surface area contributed by atoms with Gasteiger partial charge in [-0.2, -0.15) is 0 Å². The summed E-state index contributed by atoms with van der Waals surface area (Å²) < 4.78 is 17.1. The van der Waals surface area contributed by atoms with Gasteiger partial charge < -0.3 is 24.3 Å². The van der Waals surface area contributed by atoms with Gasteiger partial charge in [0, 0.05) is 6.07 Å². The topological polar surface area (TPSA) is 106 Å². The van der Waals surface area contributed by atoms with Crippen LogP contribution in [0.1, 0.15) is 16.2 Å². The van der Waals surface area contributed by atoms with E-state index >= 15 is 0 Å². The van der Waals surface area contributed by atoms with Crippen molar-refractivity contribution in [3.8, 4) is 17.2 Å². The van der Waals surface area contributed by atoms with Crippen LogP contribution in [0.4, 0.5) is 5.82 Å². The van der Waals surface area contributed by atoms with Crippen molar-refractivity contribution in [2.45, 2.75) is 0 Å². The number of benzene rings is 1. The van der Waals surface area contributed by atoms with Crippen LogP contribution in [0.3, 0.4) is 0 Å². The molecular formula is C15H12ClN3O6. The van der Waals surface area contributed by atoms with Crippen molar-refractivity contribution < 1.29 is 23.9 Å². The summed E-state index contributed by atoms with van der Waals surface area (Å²) in [6, 6.07) is 1.48. The summed E-state index contributed by atoms with van der Waals surface area (Å²) in [5.74, 6) is 0.0679. The SMILES string of the molecule is COc1cc(OC)c2c(c1Cl)OC(=Cc1ncc([N+](=O)[O-])n1C)C2=O. The molecule has 130 valence electrons. The molecule has 3 rings (SSSR count). The molecule has 0 amide bonds. The number of carbonyl (C=O) groups excluding carboxylic acids is 1. The second kappa shape index (κ2) is 6.10. The summed E-state index contributed by atoms with van der Waals surface area (Å²) in [5, 5.41) is 11.0. The molecule has 2 heterocycles. The maximum atomic E-state index is 12.6. The zero-order chi connectivity index (χ0) is 18.3. The average molecular weight is 366 g/mol. The number of rotatable bonds is 4. The van der Waals surface area contributed by atoms with Crippen LogP contribution in [0.5, 0.6) is 17.2 Å². The molecule has 0 bridgehead atoms. The van der Waals surface area contributed by atoms with Gasteiger partial charge in [-0.05, 0) is 4.92 Å². The highest BCUT2D eigenvalue weighted by Crippen LogP contribution is 2.48. The van der Waals surface area contributed by atoms with Gasteiger partial charge in [-0.1, -0.05) is 11.6 Å². The van der Waals surface area contributed by atoms with E-state index < -0.39 is 10.7 Å². The maximum absolute atomic E-state index is 12.6. The van der Waals surface area contributed by atoms with Crippen molar-refractivity contribution >= 4 is 29.3 Å². The van der Waals surface area contributed by atoms with Crippen molar-refractivity contribution in [2.24, 2.45) is 7.05 Å². The molecule has 0 spiro atoms. The first-order valence-electron chi connectivity index (χ1n) is 6.93. The highest BCUT2D eigenvalue weighted by atomic mass is 35.5. The van der Waals surface area contributed by atoms with Crippen LogP contribution in [0.2, 0.25) is 5.02 Å². The fraction of sp³-hybridized carbons (Fsp3) is 0.200. The van der Waals surface area contributed by atoms with Crippen LogP contribution >= 0.6 is 11.6 Å². The van der Waals surface area contributed by atoms with Crippen LogP contribution in [-0.2, 0) is 7.05 Å². The number of Topliss-reactive ketones (excluding diaryl/α,β-unsaturated/α-hetero) is 1. The molecule has 2 aromatic rings. The molecule has 0 unspecified atom stereocenters. The van der Waals surface area contributed by atoms with Gasteiger partial charge in [-0.15, -0.1) is 0 Å². The van der Waals surface area contributed by atoms with Crippen molar-refractivity contribution in [3.05, 3.63) is 44.5 Å². The van der Waals surface area contributed by atoms with Gasteiger partial charge in [0.1, 0.15) is 28.3 Å². The summed E-state index contributed by atoms with van der Waals surface area (Å²) in [7, 11) is 4.29. The normalized spacial score (nSPS) is 14.4. The molecule has 25 heavy (non-hydrogen) atoms. The second-order valence-electron chi connectivity index (χ2n) is 5.03. The standard InChI is InChI=1S/C15H12ClN3O6/c1-18-10(17-6-11(18)19(21)22)5-9-14(20)12-7(23-2)4-8(24-3)13(16)15(12)25-9/h4-6H,1-3H3. The summed E-state index contributed by atoms with van der Waals surface area (Å²) in [6.07, 6.45) is 2.40. The Morgan fingerprint density at radius 3 is 2.60 bits per heavy atom. The van der Waals surface area contributed by atoms with Gasteiger partial charge in [0.05, 0.1) is 27.3 Å². The Morgan fingerprint density at radius 1 is 1.36 bits per heavy atom. The van der Waals surface area contributed by atoms with E-state index in [4.69, 9.17) is 25.8 Å². The molecule has 0 atom stereocenters. The first kappa shape index (κ1) is 16.8. The van der Waals surface area contributed by atoms with E-state index in [1.165, 1.54) is 38.0 Å². The number of allylic oxidation sites excluding steroid dienone is 1. The molecule has 0 radical (unpaired) electrons. The quantitative estimate of drug-likeness (QED) is 0.465. The maximum Gasteiger partial charge on any atom is 0.342 e. The number of carbonyl (C=O) groups is 1. The molecule has 0 saturated carbocycles. The number of hydrogen-bond donors (Lipinski definition) is 0. The number of halogens is 1. The molecule has 0 aliphatic carbocycles. The molecule has 1 aliphatic heterocycles. The van der Waals surface area contributed by atoms with Crippen LogP contribution in [-0.4, -0.2) is 34.5 Å². The van der Waals surface area contributed by atoms with E-state index in [1.54, 1.807) is 0 Å². The highest BCUT2D eigenvalue weighted by molar-refractivity contribution is 6.35. The number of methoxy groups -OCH3 is 2. The number of hydrogen-bond acceptors (Lipinski definition) is 7. The van der Waals surface area contributed by atoms with E-state index in [-0.39, 0.29) is 39.5 Å². The third-order valence-corrected chi connectivity index (χ3v) is 4.06. The van der Waals surface area contributed by atoms with Gasteiger partial charge in [0.15, 0.2) is 11.5 Å². The molecular weight excluding hydrogens is 354 g/mol. The summed E-state index contributed by atoms with van der Waals surface area (Å²) >= 11 is 6.20. The molecule has 0 fully saturated rings. The number of ketones is 1. The average Bonchev–Trinajstić information content (AvgIpc) is 3.11. The van der Waals surface area contributed by atoms with E-state index in [1.807, 2.05) is 0 Å².